The van der Waals surface area contributed by atoms with Gasteiger partial charge in [0.1, 0.15) is 0 Å². The zero-order chi connectivity index (χ0) is 8.97. The molecule has 1 heterocycles. The second-order valence-corrected chi connectivity index (χ2v) is 2.34. The summed E-state index contributed by atoms with van der Waals surface area (Å²) in [7, 11) is 0. The van der Waals surface area contributed by atoms with Gasteiger partial charge in [0.25, 0.3) is 0 Å². The van der Waals surface area contributed by atoms with Crippen molar-refractivity contribution in [2.45, 2.75) is 13.3 Å². The minimum atomic E-state index is -0.775. The Hall–Kier alpha value is -1.07. The predicted octanol–water partition coefficient (Wildman–Crippen LogP) is -1.10. The van der Waals surface area contributed by atoms with E-state index in [9.17, 15) is 4.79 Å². The summed E-state index contributed by atoms with van der Waals surface area (Å²) in [6, 6.07) is 0. The largest absolute Gasteiger partial charge is 0.463 e. The van der Waals surface area contributed by atoms with E-state index in [0.717, 1.165) is 0 Å². The van der Waals surface area contributed by atoms with Gasteiger partial charge in [-0.05, 0) is 6.92 Å². The van der Waals surface area contributed by atoms with E-state index in [1.807, 2.05) is 0 Å². The van der Waals surface area contributed by atoms with Gasteiger partial charge in [-0.25, -0.2) is 4.79 Å². The monoisotopic (exact) mass is 172 g/mol. The molecule has 0 saturated carbocycles. The summed E-state index contributed by atoms with van der Waals surface area (Å²) >= 11 is 0. The first-order chi connectivity index (χ1) is 5.74. The number of hydrogen-bond acceptors (Lipinski definition) is 5. The van der Waals surface area contributed by atoms with Gasteiger partial charge in [0, 0.05) is 12.7 Å². The number of hydrogen-bond donors (Lipinski definition) is 3. The maximum atomic E-state index is 11.1. The van der Waals surface area contributed by atoms with E-state index in [0.29, 0.717) is 18.7 Å². The molecule has 0 amide bonds. The van der Waals surface area contributed by atoms with Crippen LogP contribution in [-0.2, 0) is 9.53 Å². The van der Waals surface area contributed by atoms with E-state index in [-0.39, 0.29) is 5.97 Å². The van der Waals surface area contributed by atoms with E-state index in [1.54, 1.807) is 6.92 Å². The summed E-state index contributed by atoms with van der Waals surface area (Å²) < 4.78 is 4.75. The Balaban J connectivity index is 2.47. The quantitative estimate of drug-likeness (QED) is 0.461. The molecule has 1 aliphatic heterocycles. The van der Waals surface area contributed by atoms with Crippen LogP contribution >= 0.6 is 0 Å². The van der Waals surface area contributed by atoms with Crippen molar-refractivity contribution in [2.24, 2.45) is 0 Å². The van der Waals surface area contributed by atoms with Crippen molar-refractivity contribution in [3.8, 4) is 0 Å². The van der Waals surface area contributed by atoms with Crippen LogP contribution in [0.15, 0.2) is 11.8 Å². The lowest BCUT2D eigenvalue weighted by atomic mass is 10.2. The fraction of sp³-hybridized carbons (Fsp3) is 0.571. The standard InChI is InChI=1S/C7H12N2O3/c1-2-12-6(10)5-3-8-7(11)9-4-5/h3,7-9,11H,2,4H2,1H3. The number of nitrogens with one attached hydrogen (secondary N) is 2. The molecule has 1 rings (SSSR count). The zero-order valence-electron chi connectivity index (χ0n) is 6.83. The number of aliphatic hydroxyl groups is 1. The Labute approximate surface area is 70.4 Å². The van der Waals surface area contributed by atoms with Gasteiger partial charge in [-0.3, -0.25) is 5.32 Å². The molecule has 0 bridgehead atoms. The number of rotatable bonds is 2. The lowest BCUT2D eigenvalue weighted by Gasteiger charge is -2.19. The van der Waals surface area contributed by atoms with Crippen molar-refractivity contribution in [2.75, 3.05) is 13.2 Å². The molecule has 0 aromatic heterocycles. The second-order valence-electron chi connectivity index (χ2n) is 2.34. The van der Waals surface area contributed by atoms with Crippen molar-refractivity contribution >= 4 is 5.97 Å². The smallest absolute Gasteiger partial charge is 0.336 e. The summed E-state index contributed by atoms with van der Waals surface area (Å²) in [6.07, 6.45) is 0.683. The molecule has 1 unspecified atom stereocenters. The van der Waals surface area contributed by atoms with Gasteiger partial charge in [0.2, 0.25) is 0 Å². The van der Waals surface area contributed by atoms with Gasteiger partial charge in [-0.1, -0.05) is 0 Å². The van der Waals surface area contributed by atoms with Crippen molar-refractivity contribution in [3.63, 3.8) is 0 Å². The third kappa shape index (κ3) is 2.21. The van der Waals surface area contributed by atoms with Gasteiger partial charge in [-0.15, -0.1) is 0 Å². The van der Waals surface area contributed by atoms with E-state index >= 15 is 0 Å². The third-order valence-electron chi connectivity index (χ3n) is 1.44. The summed E-state index contributed by atoms with van der Waals surface area (Å²) in [5.41, 5.74) is 0.488. The summed E-state index contributed by atoms with van der Waals surface area (Å²) in [5.74, 6) is -0.357. The molecule has 1 aliphatic rings. The minimum Gasteiger partial charge on any atom is -0.463 e. The van der Waals surface area contributed by atoms with Gasteiger partial charge in [0.05, 0.1) is 12.2 Å². The van der Waals surface area contributed by atoms with Crippen molar-refractivity contribution in [1.82, 2.24) is 10.6 Å². The Kier molecular flexibility index (Phi) is 3.07. The van der Waals surface area contributed by atoms with Crippen molar-refractivity contribution in [3.05, 3.63) is 11.8 Å². The van der Waals surface area contributed by atoms with Gasteiger partial charge in [0.15, 0.2) is 6.35 Å². The first-order valence-electron chi connectivity index (χ1n) is 3.77. The van der Waals surface area contributed by atoms with Crippen molar-refractivity contribution < 1.29 is 14.6 Å². The molecule has 5 heteroatoms. The number of carbonyl (C=O) groups excluding carboxylic acids is 1. The van der Waals surface area contributed by atoms with Crippen LogP contribution in [0.25, 0.3) is 0 Å². The SMILES string of the molecule is CCOC(=O)C1=CNC(O)NC1. The number of aliphatic hydroxyl groups excluding tert-OH is 1. The number of esters is 1. The molecule has 0 aliphatic carbocycles. The number of carbonyl (C=O) groups is 1. The highest BCUT2D eigenvalue weighted by Gasteiger charge is 2.15. The average molecular weight is 172 g/mol. The molecule has 0 aromatic carbocycles. The second kappa shape index (κ2) is 4.08. The fourth-order valence-corrected chi connectivity index (χ4v) is 0.851. The van der Waals surface area contributed by atoms with Crippen LogP contribution in [0, 0.1) is 0 Å². The van der Waals surface area contributed by atoms with Crippen LogP contribution in [0.2, 0.25) is 0 Å². The minimum absolute atomic E-state index is 0.326. The maximum Gasteiger partial charge on any atom is 0.336 e. The average Bonchev–Trinajstić information content (AvgIpc) is 2.06. The van der Waals surface area contributed by atoms with E-state index in [1.165, 1.54) is 6.20 Å². The lowest BCUT2D eigenvalue weighted by molar-refractivity contribution is -0.138. The maximum absolute atomic E-state index is 11.1. The van der Waals surface area contributed by atoms with E-state index in [4.69, 9.17) is 9.84 Å². The fourth-order valence-electron chi connectivity index (χ4n) is 0.851. The van der Waals surface area contributed by atoms with Crippen LogP contribution in [0.3, 0.4) is 0 Å². The molecule has 12 heavy (non-hydrogen) atoms. The van der Waals surface area contributed by atoms with Crippen LogP contribution in [0.4, 0.5) is 0 Å². The first kappa shape index (κ1) is 9.02. The summed E-state index contributed by atoms with van der Waals surface area (Å²) in [4.78, 5) is 11.1. The predicted molar refractivity (Wildman–Crippen MR) is 41.9 cm³/mol. The highest BCUT2D eigenvalue weighted by molar-refractivity contribution is 5.88. The van der Waals surface area contributed by atoms with Crippen LogP contribution in [0.5, 0.6) is 0 Å². The molecule has 1 atom stereocenters. The van der Waals surface area contributed by atoms with E-state index < -0.39 is 6.35 Å². The Morgan fingerprint density at radius 1 is 1.92 bits per heavy atom. The Morgan fingerprint density at radius 3 is 3.17 bits per heavy atom. The van der Waals surface area contributed by atoms with Gasteiger partial charge >= 0.3 is 5.97 Å². The third-order valence-corrected chi connectivity index (χ3v) is 1.44. The molecule has 0 saturated heterocycles. The zero-order valence-corrected chi connectivity index (χ0v) is 6.83. The van der Waals surface area contributed by atoms with Gasteiger partial charge < -0.3 is 15.2 Å². The molecule has 3 N–H and O–H groups in total. The highest BCUT2D eigenvalue weighted by atomic mass is 16.5. The molecule has 5 nitrogen and oxygen atoms in total. The summed E-state index contributed by atoms with van der Waals surface area (Å²) in [6.45, 7) is 2.43. The Morgan fingerprint density at radius 2 is 2.67 bits per heavy atom. The topological polar surface area (TPSA) is 70.6 Å². The molecule has 0 aromatic rings. The molecule has 68 valence electrons. The first-order valence-corrected chi connectivity index (χ1v) is 3.77. The Bertz CT molecular complexity index is 203. The van der Waals surface area contributed by atoms with Crippen LogP contribution in [0.1, 0.15) is 6.92 Å². The van der Waals surface area contributed by atoms with Crippen LogP contribution in [-0.4, -0.2) is 30.6 Å². The van der Waals surface area contributed by atoms with Crippen LogP contribution < -0.4 is 10.6 Å². The normalized spacial score (nSPS) is 22.5. The molecular formula is C7H12N2O3. The van der Waals surface area contributed by atoms with Gasteiger partial charge in [-0.2, -0.15) is 0 Å². The lowest BCUT2D eigenvalue weighted by Crippen LogP contribution is -2.45. The molecule has 0 spiro atoms. The number of ether oxygens (including phenoxy) is 1. The van der Waals surface area contributed by atoms with E-state index in [2.05, 4.69) is 10.6 Å². The molecular weight excluding hydrogens is 160 g/mol. The molecule has 0 fully saturated rings. The highest BCUT2D eigenvalue weighted by Crippen LogP contribution is 1.99. The molecule has 0 radical (unpaired) electrons. The van der Waals surface area contributed by atoms with Crippen molar-refractivity contribution in [1.29, 1.82) is 0 Å². The summed E-state index contributed by atoms with van der Waals surface area (Å²) in [5, 5.41) is 14.1.